The monoisotopic (exact) mass is 804 g/mol. The second-order valence-electron chi connectivity index (χ2n) is 12.0. The van der Waals surface area contributed by atoms with Gasteiger partial charge in [0.15, 0.2) is 0 Å². The molecule has 0 atom stereocenters. The van der Waals surface area contributed by atoms with Crippen LogP contribution in [0.25, 0.3) is 0 Å². The van der Waals surface area contributed by atoms with Crippen LogP contribution >= 0.6 is 23.2 Å². The van der Waals surface area contributed by atoms with Gasteiger partial charge in [0, 0.05) is 0 Å². The number of sulfonamides is 2. The molecule has 0 spiro atoms. The molecule has 3 rings (SSSR count). The Hall–Kier alpha value is -2.01. The van der Waals surface area contributed by atoms with E-state index in [9.17, 15) is 39.9 Å². The molecule has 1 heterocycles. The Bertz CT molecular complexity index is 1760. The minimum atomic E-state index is -5.19. The molecule has 2 N–H and O–H groups in total. The van der Waals surface area contributed by atoms with Gasteiger partial charge in [0.05, 0.1) is 37.8 Å². The van der Waals surface area contributed by atoms with E-state index in [-0.39, 0.29) is 62.9 Å². The zero-order chi connectivity index (χ0) is 37.0. The molecule has 1 aliphatic heterocycles. The van der Waals surface area contributed by atoms with E-state index in [1.165, 1.54) is 69.9 Å². The largest absolute Gasteiger partial charge is 1.00 e. The number of anilines is 3. The van der Waals surface area contributed by atoms with Crippen molar-refractivity contribution in [2.75, 3.05) is 20.1 Å². The van der Waals surface area contributed by atoms with E-state index in [1.54, 1.807) is 0 Å². The van der Waals surface area contributed by atoms with Crippen LogP contribution in [0, 0.1) is 0 Å². The van der Waals surface area contributed by atoms with Gasteiger partial charge >= 0.3 is 35.7 Å². The maximum atomic E-state index is 13.6. The average molecular weight is 806 g/mol. The van der Waals surface area contributed by atoms with Gasteiger partial charge in [-0.05, 0) is 42.8 Å². The second kappa shape index (κ2) is 21.0. The minimum Gasteiger partial charge on any atom is -0.876 e. The summed E-state index contributed by atoms with van der Waals surface area (Å²) in [5.41, 5.74) is -1.94. The Morgan fingerprint density at radius 3 is 1.86 bits per heavy atom. The SMILES string of the molecule is CCCCCCCCCCCCCCCCS(=O)(=O)Nc1ccc(Cl)c(NS(=O)(=O)c2ccc(Cl)c(N3C(=O)/C(=C\[O-])N=C3C(F)(F)F)c2)c1.[Na+]. The number of unbranched alkanes of at least 4 members (excludes halogenated alkanes) is 13. The van der Waals surface area contributed by atoms with Crippen molar-refractivity contribution in [3.05, 3.63) is 58.4 Å². The molecule has 1 amide bonds. The molecular formula is C33H42Cl2F3N4NaO6S2. The number of amidine groups is 1. The number of nitrogens with zero attached hydrogens (tertiary/aromatic N) is 2. The molecule has 1 aliphatic rings. The van der Waals surface area contributed by atoms with Gasteiger partial charge in [0.25, 0.3) is 15.9 Å². The Morgan fingerprint density at radius 2 is 1.33 bits per heavy atom. The van der Waals surface area contributed by atoms with E-state index in [0.717, 1.165) is 43.9 Å². The summed E-state index contributed by atoms with van der Waals surface area (Å²) in [6.45, 7) is 2.21. The number of hydrogen-bond acceptors (Lipinski definition) is 7. The fourth-order valence-electron chi connectivity index (χ4n) is 5.33. The van der Waals surface area contributed by atoms with Crippen LogP contribution in [-0.2, 0) is 24.8 Å². The third kappa shape index (κ3) is 14.1. The number of halogens is 5. The van der Waals surface area contributed by atoms with Gasteiger partial charge in [-0.15, -0.1) is 6.26 Å². The number of benzene rings is 2. The summed E-state index contributed by atoms with van der Waals surface area (Å²) >= 11 is 12.2. The molecule has 2 aromatic carbocycles. The predicted molar refractivity (Wildman–Crippen MR) is 190 cm³/mol. The second-order valence-corrected chi connectivity index (χ2v) is 16.3. The van der Waals surface area contributed by atoms with E-state index < -0.39 is 59.3 Å². The number of rotatable bonds is 21. The first-order valence-electron chi connectivity index (χ1n) is 16.5. The quantitative estimate of drug-likeness (QED) is 0.0735. The summed E-state index contributed by atoms with van der Waals surface area (Å²) in [6.07, 6.45) is 10.4. The van der Waals surface area contributed by atoms with Gasteiger partial charge < -0.3 is 5.11 Å². The number of amides is 1. The van der Waals surface area contributed by atoms with Crippen molar-refractivity contribution in [2.45, 2.75) is 108 Å². The Morgan fingerprint density at radius 1 is 0.804 bits per heavy atom. The van der Waals surface area contributed by atoms with Crippen molar-refractivity contribution in [1.82, 2.24) is 0 Å². The van der Waals surface area contributed by atoms with Gasteiger partial charge in [-0.2, -0.15) is 13.2 Å². The van der Waals surface area contributed by atoms with Crippen LogP contribution in [0.3, 0.4) is 0 Å². The van der Waals surface area contributed by atoms with Crippen LogP contribution in [0.1, 0.15) is 96.8 Å². The smallest absolute Gasteiger partial charge is 0.876 e. The maximum Gasteiger partial charge on any atom is 1.00 e. The summed E-state index contributed by atoms with van der Waals surface area (Å²) in [5, 5.41) is 10.6. The topological polar surface area (TPSA) is 148 Å². The Labute approximate surface area is 330 Å². The molecule has 18 heteroatoms. The van der Waals surface area contributed by atoms with Crippen LogP contribution in [0.2, 0.25) is 10.0 Å². The van der Waals surface area contributed by atoms with E-state index in [1.807, 2.05) is 0 Å². The first-order valence-corrected chi connectivity index (χ1v) is 20.4. The van der Waals surface area contributed by atoms with Crippen molar-refractivity contribution in [3.8, 4) is 0 Å². The molecule has 2 aromatic rings. The number of hydrogen-bond donors (Lipinski definition) is 2. The van der Waals surface area contributed by atoms with Crippen molar-refractivity contribution in [3.63, 3.8) is 0 Å². The fourth-order valence-corrected chi connectivity index (χ4v) is 8.02. The van der Waals surface area contributed by atoms with E-state index >= 15 is 0 Å². The van der Waals surface area contributed by atoms with Gasteiger partial charge in [-0.1, -0.05) is 114 Å². The molecule has 0 unspecified atom stereocenters. The van der Waals surface area contributed by atoms with Crippen LogP contribution in [0.5, 0.6) is 0 Å². The van der Waals surface area contributed by atoms with Crippen LogP contribution in [0.4, 0.5) is 30.2 Å². The van der Waals surface area contributed by atoms with Crippen molar-refractivity contribution >= 4 is 72.1 Å². The van der Waals surface area contributed by atoms with Gasteiger partial charge in [0.1, 0.15) is 5.70 Å². The third-order valence-electron chi connectivity index (χ3n) is 7.95. The van der Waals surface area contributed by atoms with E-state index in [2.05, 4.69) is 21.4 Å². The van der Waals surface area contributed by atoms with E-state index in [0.29, 0.717) is 12.5 Å². The zero-order valence-electron chi connectivity index (χ0n) is 28.7. The standard InChI is InChI=1S/C33H43Cl2F3N4O6S2.Na/c1-2-3-4-5-6-7-8-9-10-11-12-13-14-15-20-49(45,46)40-24-16-18-26(34)28(21-24)41-50(47,48)25-17-19-27(35)30(22-25)42-31(44)29(23-43)39-32(42)33(36,37)38;/h16-19,21-23,40-41,43H,2-15,20H2,1H3;/q;+1/p-1/b29-23+;. The predicted octanol–water partition coefficient (Wildman–Crippen LogP) is 5.53. The molecule has 0 bridgehead atoms. The molecule has 0 radical (unpaired) electrons. The normalized spacial score (nSPS) is 14.5. The minimum absolute atomic E-state index is 0. The number of nitrogens with one attached hydrogen (secondary N) is 2. The third-order valence-corrected chi connectivity index (χ3v) is 11.3. The molecule has 0 aromatic heterocycles. The molecule has 51 heavy (non-hydrogen) atoms. The first-order chi connectivity index (χ1) is 23.6. The Kier molecular flexibility index (Phi) is 18.6. The van der Waals surface area contributed by atoms with Crippen molar-refractivity contribution in [2.24, 2.45) is 4.99 Å². The van der Waals surface area contributed by atoms with E-state index in [4.69, 9.17) is 23.2 Å². The number of aliphatic imine (C=N–C) groups is 1. The molecule has 0 fully saturated rings. The van der Waals surface area contributed by atoms with Gasteiger partial charge in [-0.3, -0.25) is 19.1 Å². The van der Waals surface area contributed by atoms with Gasteiger partial charge in [0.2, 0.25) is 15.9 Å². The number of carbonyl (C=O) groups is 1. The van der Waals surface area contributed by atoms with Crippen molar-refractivity contribution in [1.29, 1.82) is 0 Å². The molecule has 0 saturated carbocycles. The zero-order valence-corrected chi connectivity index (χ0v) is 33.8. The number of alkyl halides is 3. The summed E-state index contributed by atoms with van der Waals surface area (Å²) < 4.78 is 97.6. The molecule has 278 valence electrons. The molecule has 10 nitrogen and oxygen atoms in total. The van der Waals surface area contributed by atoms with Crippen LogP contribution in [-0.4, -0.2) is 40.5 Å². The summed E-state index contributed by atoms with van der Waals surface area (Å²) in [5.74, 6) is -3.36. The fraction of sp³-hybridized carbons (Fsp3) is 0.515. The number of carbonyl (C=O) groups excluding carboxylic acids is 1. The summed E-state index contributed by atoms with van der Waals surface area (Å²) in [6, 6.07) is 6.40. The summed E-state index contributed by atoms with van der Waals surface area (Å²) in [7, 11) is -8.38. The molecule has 0 saturated heterocycles. The first kappa shape index (κ1) is 45.1. The molecular weight excluding hydrogens is 763 g/mol. The van der Waals surface area contributed by atoms with Crippen LogP contribution < -0.4 is 49.0 Å². The average Bonchev–Trinajstić information content (AvgIpc) is 3.39. The van der Waals surface area contributed by atoms with Crippen molar-refractivity contribution < 1.29 is 69.5 Å². The summed E-state index contributed by atoms with van der Waals surface area (Å²) in [4.78, 5) is 15.0. The van der Waals surface area contributed by atoms with Gasteiger partial charge in [-0.25, -0.2) is 21.8 Å². The van der Waals surface area contributed by atoms with Crippen LogP contribution in [0.15, 0.2) is 58.2 Å². The maximum absolute atomic E-state index is 13.6. The Balaban J connectivity index is 0.00000901. The molecule has 0 aliphatic carbocycles.